The molecule has 0 saturated heterocycles. The van der Waals surface area contributed by atoms with Crippen LogP contribution in [0.3, 0.4) is 0 Å². The van der Waals surface area contributed by atoms with E-state index in [1.165, 1.54) is 11.4 Å². The predicted octanol–water partition coefficient (Wildman–Crippen LogP) is 1.80. The molecule has 0 aromatic carbocycles. The molecule has 1 aromatic rings. The molecule has 1 heterocycles. The lowest BCUT2D eigenvalue weighted by molar-refractivity contribution is 0.0698. The first kappa shape index (κ1) is 17.1. The third-order valence-electron chi connectivity index (χ3n) is 2.89. The van der Waals surface area contributed by atoms with Crippen LogP contribution in [-0.4, -0.2) is 50.1 Å². The first-order chi connectivity index (χ1) is 9.27. The molecule has 0 bridgehead atoms. The van der Waals surface area contributed by atoms with E-state index >= 15 is 0 Å². The maximum absolute atomic E-state index is 12.7. The number of methoxy groups -OCH3 is 1. The van der Waals surface area contributed by atoms with Crippen molar-refractivity contribution in [2.45, 2.75) is 31.7 Å². The molecule has 0 spiro atoms. The van der Waals surface area contributed by atoms with Crippen molar-refractivity contribution in [3.63, 3.8) is 0 Å². The average Bonchev–Trinajstić information content (AvgIpc) is 2.72. The quantitative estimate of drug-likeness (QED) is 0.828. The van der Waals surface area contributed by atoms with E-state index in [-0.39, 0.29) is 29.0 Å². The fourth-order valence-electron chi connectivity index (χ4n) is 2.06. The molecule has 8 heteroatoms. The highest BCUT2D eigenvalue weighted by atomic mass is 32.2. The van der Waals surface area contributed by atoms with Gasteiger partial charge in [0.1, 0.15) is 9.77 Å². The summed E-state index contributed by atoms with van der Waals surface area (Å²) in [7, 11) is -2.36. The number of aryl methyl sites for hydroxylation is 1. The maximum atomic E-state index is 12.7. The Morgan fingerprint density at radius 1 is 1.55 bits per heavy atom. The van der Waals surface area contributed by atoms with Crippen LogP contribution in [0.15, 0.2) is 10.3 Å². The molecule has 1 N–H and O–H groups in total. The molecule has 20 heavy (non-hydrogen) atoms. The second-order valence-electron chi connectivity index (χ2n) is 4.39. The Hall–Kier alpha value is -0.960. The van der Waals surface area contributed by atoms with Gasteiger partial charge in [-0.25, -0.2) is 13.2 Å². The third-order valence-corrected chi connectivity index (χ3v) is 6.38. The van der Waals surface area contributed by atoms with Gasteiger partial charge in [0.15, 0.2) is 0 Å². The van der Waals surface area contributed by atoms with Gasteiger partial charge < -0.3 is 9.84 Å². The lowest BCUT2D eigenvalue weighted by atomic mass is 10.3. The summed E-state index contributed by atoms with van der Waals surface area (Å²) in [6.07, 6.45) is 0. The normalized spacial score (nSPS) is 13.7. The maximum Gasteiger partial charge on any atom is 0.347 e. The molecule has 0 aliphatic heterocycles. The zero-order chi connectivity index (χ0) is 15.5. The Morgan fingerprint density at radius 2 is 2.15 bits per heavy atom. The number of carboxylic acids is 1. The monoisotopic (exact) mass is 321 g/mol. The van der Waals surface area contributed by atoms with Crippen LogP contribution >= 0.6 is 11.3 Å². The van der Waals surface area contributed by atoms with E-state index in [0.717, 1.165) is 11.3 Å². The molecule has 1 rings (SSSR count). The number of ether oxygens (including phenoxy) is 1. The molecule has 0 aliphatic carbocycles. The minimum Gasteiger partial charge on any atom is -0.477 e. The standard InChI is InChI=1S/C12H19NO5S2/c1-5-13(9(3)6-18-4)20(16,17)11-8(2)7-19-10(11)12(14)15/h7,9H,5-6H2,1-4H3,(H,14,15). The summed E-state index contributed by atoms with van der Waals surface area (Å²) >= 11 is 0.927. The summed E-state index contributed by atoms with van der Waals surface area (Å²) in [4.78, 5) is 10.9. The van der Waals surface area contributed by atoms with Gasteiger partial charge in [-0.1, -0.05) is 6.92 Å². The van der Waals surface area contributed by atoms with Crippen molar-refractivity contribution in [1.82, 2.24) is 4.31 Å². The summed E-state index contributed by atoms with van der Waals surface area (Å²) in [6.45, 7) is 5.54. The van der Waals surface area contributed by atoms with Crippen LogP contribution < -0.4 is 0 Å². The van der Waals surface area contributed by atoms with E-state index in [1.807, 2.05) is 0 Å². The van der Waals surface area contributed by atoms with Gasteiger partial charge in [-0.3, -0.25) is 0 Å². The van der Waals surface area contributed by atoms with Crippen molar-refractivity contribution < 1.29 is 23.1 Å². The summed E-state index contributed by atoms with van der Waals surface area (Å²) < 4.78 is 31.7. The predicted molar refractivity (Wildman–Crippen MR) is 76.9 cm³/mol. The van der Waals surface area contributed by atoms with E-state index in [0.29, 0.717) is 5.56 Å². The molecule has 0 aliphatic rings. The van der Waals surface area contributed by atoms with Crippen LogP contribution in [0.25, 0.3) is 0 Å². The largest absolute Gasteiger partial charge is 0.477 e. The van der Waals surface area contributed by atoms with Gasteiger partial charge in [0.05, 0.1) is 6.61 Å². The third kappa shape index (κ3) is 3.20. The van der Waals surface area contributed by atoms with Gasteiger partial charge in [0, 0.05) is 19.7 Å². The van der Waals surface area contributed by atoms with Crippen molar-refractivity contribution in [1.29, 1.82) is 0 Å². The molecule has 0 amide bonds. The number of carboxylic acid groups (broad SMARTS) is 1. The Morgan fingerprint density at radius 3 is 2.60 bits per heavy atom. The molecule has 0 saturated carbocycles. The fraction of sp³-hybridized carbons (Fsp3) is 0.583. The molecule has 1 atom stereocenters. The van der Waals surface area contributed by atoms with E-state index in [9.17, 15) is 13.2 Å². The van der Waals surface area contributed by atoms with E-state index in [2.05, 4.69) is 0 Å². The second-order valence-corrected chi connectivity index (χ2v) is 7.10. The highest BCUT2D eigenvalue weighted by molar-refractivity contribution is 7.89. The zero-order valence-corrected chi connectivity index (χ0v) is 13.5. The van der Waals surface area contributed by atoms with Gasteiger partial charge in [0.25, 0.3) is 0 Å². The highest BCUT2D eigenvalue weighted by Gasteiger charge is 2.34. The Labute approximate surface area is 123 Å². The molecule has 114 valence electrons. The molecule has 1 aromatic heterocycles. The Balaban J connectivity index is 3.35. The first-order valence-corrected chi connectivity index (χ1v) is 8.41. The molecule has 1 unspecified atom stereocenters. The highest BCUT2D eigenvalue weighted by Crippen LogP contribution is 2.30. The van der Waals surface area contributed by atoms with E-state index in [1.54, 1.807) is 26.2 Å². The van der Waals surface area contributed by atoms with Crippen LogP contribution in [-0.2, 0) is 14.8 Å². The Bertz CT molecular complexity index is 579. The first-order valence-electron chi connectivity index (χ1n) is 6.09. The topological polar surface area (TPSA) is 83.9 Å². The number of likely N-dealkylation sites (N-methyl/N-ethyl adjacent to an activating group) is 1. The summed E-state index contributed by atoms with van der Waals surface area (Å²) in [5, 5.41) is 10.7. The second kappa shape index (κ2) is 6.66. The fourth-order valence-corrected chi connectivity index (χ4v) is 5.27. The molecule has 0 radical (unpaired) electrons. The number of hydrogen-bond acceptors (Lipinski definition) is 5. The summed E-state index contributed by atoms with van der Waals surface area (Å²) in [6, 6.07) is -0.365. The number of carbonyl (C=O) groups is 1. The molecule has 6 nitrogen and oxygen atoms in total. The zero-order valence-electron chi connectivity index (χ0n) is 11.9. The Kier molecular flexibility index (Phi) is 5.69. The van der Waals surface area contributed by atoms with Crippen LogP contribution in [0.5, 0.6) is 0 Å². The van der Waals surface area contributed by atoms with E-state index < -0.39 is 16.0 Å². The smallest absolute Gasteiger partial charge is 0.347 e. The van der Waals surface area contributed by atoms with Crippen molar-refractivity contribution in [2.75, 3.05) is 20.3 Å². The van der Waals surface area contributed by atoms with Crippen molar-refractivity contribution in [3.8, 4) is 0 Å². The van der Waals surface area contributed by atoms with Crippen LogP contribution in [0.4, 0.5) is 0 Å². The van der Waals surface area contributed by atoms with Crippen molar-refractivity contribution in [3.05, 3.63) is 15.8 Å². The minimum absolute atomic E-state index is 0.111. The average molecular weight is 321 g/mol. The number of thiophene rings is 1. The molecular weight excluding hydrogens is 302 g/mol. The van der Waals surface area contributed by atoms with Gasteiger partial charge in [-0.15, -0.1) is 11.3 Å². The minimum atomic E-state index is -3.85. The summed E-state index contributed by atoms with van der Waals surface area (Å²) in [5.41, 5.74) is 0.454. The molecule has 0 fully saturated rings. The van der Waals surface area contributed by atoms with Crippen molar-refractivity contribution in [2.24, 2.45) is 0 Å². The lowest BCUT2D eigenvalue weighted by Crippen LogP contribution is -2.41. The number of rotatable bonds is 7. The number of nitrogens with zero attached hydrogens (tertiary/aromatic N) is 1. The lowest BCUT2D eigenvalue weighted by Gasteiger charge is -2.26. The van der Waals surface area contributed by atoms with Gasteiger partial charge in [0.2, 0.25) is 10.0 Å². The van der Waals surface area contributed by atoms with Crippen LogP contribution in [0.2, 0.25) is 0 Å². The van der Waals surface area contributed by atoms with Gasteiger partial charge in [-0.05, 0) is 24.8 Å². The molecular formula is C12H19NO5S2. The SMILES string of the molecule is CCN(C(C)COC)S(=O)(=O)c1c(C)csc1C(=O)O. The van der Waals surface area contributed by atoms with E-state index in [4.69, 9.17) is 9.84 Å². The summed E-state index contributed by atoms with van der Waals surface area (Å²) in [5.74, 6) is -1.22. The van der Waals surface area contributed by atoms with Gasteiger partial charge in [-0.2, -0.15) is 4.31 Å². The van der Waals surface area contributed by atoms with Crippen LogP contribution in [0.1, 0.15) is 29.1 Å². The van der Waals surface area contributed by atoms with Crippen LogP contribution in [0, 0.1) is 6.92 Å². The van der Waals surface area contributed by atoms with Crippen molar-refractivity contribution >= 4 is 27.3 Å². The number of aromatic carboxylic acids is 1. The number of hydrogen-bond donors (Lipinski definition) is 1. The number of sulfonamides is 1. The van der Waals surface area contributed by atoms with Gasteiger partial charge >= 0.3 is 5.97 Å².